The maximum absolute atomic E-state index is 5.81. The lowest BCUT2D eigenvalue weighted by Crippen LogP contribution is -2.07. The van der Waals surface area contributed by atoms with Crippen LogP contribution in [0.3, 0.4) is 0 Å². The zero-order valence-corrected chi connectivity index (χ0v) is 8.43. The molecule has 2 N–H and O–H groups in total. The van der Waals surface area contributed by atoms with Gasteiger partial charge in [-0.3, -0.25) is 0 Å². The number of fused-ring (bicyclic) bond motifs is 1. The van der Waals surface area contributed by atoms with Gasteiger partial charge >= 0.3 is 0 Å². The highest BCUT2D eigenvalue weighted by molar-refractivity contribution is 5.81. The number of rotatable bonds is 1. The monoisotopic (exact) mass is 203 g/mol. The number of hydrogen-bond acceptors (Lipinski definition) is 4. The van der Waals surface area contributed by atoms with E-state index in [2.05, 4.69) is 15.1 Å². The number of hydrogen-bond donors (Lipinski definition) is 1. The minimum absolute atomic E-state index is 0.460. The van der Waals surface area contributed by atoms with Gasteiger partial charge in [0.2, 0.25) is 0 Å². The summed E-state index contributed by atoms with van der Waals surface area (Å²) in [4.78, 5) is 8.51. The van der Waals surface area contributed by atoms with E-state index in [1.165, 1.54) is 25.7 Å². The van der Waals surface area contributed by atoms with Gasteiger partial charge < -0.3 is 5.73 Å². The summed E-state index contributed by atoms with van der Waals surface area (Å²) in [6.45, 7) is 0. The fraction of sp³-hybridized carbons (Fsp3) is 0.500. The van der Waals surface area contributed by atoms with E-state index in [4.69, 9.17) is 5.73 Å². The highest BCUT2D eigenvalue weighted by Gasteiger charge is 2.21. The maximum atomic E-state index is 5.81. The second-order valence-electron chi connectivity index (χ2n) is 4.00. The lowest BCUT2D eigenvalue weighted by molar-refractivity contribution is 0.480. The van der Waals surface area contributed by atoms with Gasteiger partial charge in [0.15, 0.2) is 17.0 Å². The molecule has 1 saturated carbocycles. The van der Waals surface area contributed by atoms with Gasteiger partial charge in [0, 0.05) is 12.4 Å². The van der Waals surface area contributed by atoms with Crippen LogP contribution < -0.4 is 5.73 Å². The van der Waals surface area contributed by atoms with Crippen LogP contribution in [-0.2, 0) is 0 Å². The van der Waals surface area contributed by atoms with Crippen molar-refractivity contribution in [3.63, 3.8) is 0 Å². The molecule has 0 aromatic carbocycles. The van der Waals surface area contributed by atoms with Crippen LogP contribution >= 0.6 is 0 Å². The molecule has 2 heterocycles. The van der Waals surface area contributed by atoms with E-state index >= 15 is 0 Å². The summed E-state index contributed by atoms with van der Waals surface area (Å²) in [6, 6.07) is 0.460. The van der Waals surface area contributed by atoms with Crippen molar-refractivity contribution in [2.45, 2.75) is 31.7 Å². The molecule has 5 nitrogen and oxygen atoms in total. The molecule has 0 saturated heterocycles. The largest absolute Gasteiger partial charge is 0.380 e. The average molecular weight is 203 g/mol. The Morgan fingerprint density at radius 1 is 1.20 bits per heavy atom. The Morgan fingerprint density at radius 2 is 1.93 bits per heavy atom. The molecule has 2 aromatic heterocycles. The van der Waals surface area contributed by atoms with Crippen molar-refractivity contribution < 1.29 is 0 Å². The number of nitrogens with zero attached hydrogens (tertiary/aromatic N) is 4. The molecule has 1 aliphatic rings. The first kappa shape index (κ1) is 8.64. The second kappa shape index (κ2) is 3.18. The summed E-state index contributed by atoms with van der Waals surface area (Å²) in [6.07, 6.45) is 8.23. The predicted octanol–water partition coefficient (Wildman–Crippen LogP) is 1.52. The Labute approximate surface area is 87.3 Å². The molecule has 0 aliphatic heterocycles. The van der Waals surface area contributed by atoms with Crippen LogP contribution in [0.4, 0.5) is 5.82 Å². The minimum atomic E-state index is 0.460. The van der Waals surface area contributed by atoms with Gasteiger partial charge in [-0.2, -0.15) is 5.10 Å². The third-order valence-corrected chi connectivity index (χ3v) is 3.02. The molecule has 0 spiro atoms. The first-order valence-electron chi connectivity index (χ1n) is 5.31. The predicted molar refractivity (Wildman–Crippen MR) is 57.2 cm³/mol. The summed E-state index contributed by atoms with van der Waals surface area (Å²) in [7, 11) is 0. The Hall–Kier alpha value is -1.65. The van der Waals surface area contributed by atoms with Crippen molar-refractivity contribution >= 4 is 17.0 Å². The molecule has 0 unspecified atom stereocenters. The molecular formula is C10H13N5. The van der Waals surface area contributed by atoms with Gasteiger partial charge in [-0.05, 0) is 12.8 Å². The Balaban J connectivity index is 2.17. The fourth-order valence-electron chi connectivity index (χ4n) is 2.29. The lowest BCUT2D eigenvalue weighted by Gasteiger charge is -2.09. The summed E-state index contributed by atoms with van der Waals surface area (Å²) in [5, 5.41) is 4.34. The van der Waals surface area contributed by atoms with Crippen LogP contribution in [0, 0.1) is 0 Å². The number of nitrogen functional groups attached to an aromatic ring is 1. The van der Waals surface area contributed by atoms with Crippen molar-refractivity contribution in [1.29, 1.82) is 0 Å². The standard InChI is InChI=1S/C10H13N5/c11-9-8-10(13-6-5-12-8)15(14-9)7-3-1-2-4-7/h5-7H,1-4H2,(H2,11,14). The van der Waals surface area contributed by atoms with E-state index in [1.807, 2.05) is 4.68 Å². The van der Waals surface area contributed by atoms with E-state index in [9.17, 15) is 0 Å². The fourth-order valence-corrected chi connectivity index (χ4v) is 2.29. The van der Waals surface area contributed by atoms with Gasteiger partial charge in [0.25, 0.3) is 0 Å². The normalized spacial score (nSPS) is 17.6. The molecule has 5 heteroatoms. The minimum Gasteiger partial charge on any atom is -0.380 e. The van der Waals surface area contributed by atoms with Crippen LogP contribution in [0.25, 0.3) is 11.2 Å². The van der Waals surface area contributed by atoms with E-state index < -0.39 is 0 Å². The van der Waals surface area contributed by atoms with Gasteiger partial charge in [-0.1, -0.05) is 12.8 Å². The molecule has 0 bridgehead atoms. The summed E-state index contributed by atoms with van der Waals surface area (Å²) < 4.78 is 1.95. The summed E-state index contributed by atoms with van der Waals surface area (Å²) >= 11 is 0. The van der Waals surface area contributed by atoms with Crippen molar-refractivity contribution in [3.8, 4) is 0 Å². The highest BCUT2D eigenvalue weighted by Crippen LogP contribution is 2.31. The molecule has 0 atom stereocenters. The molecule has 0 radical (unpaired) electrons. The summed E-state index contributed by atoms with van der Waals surface area (Å²) in [5.74, 6) is 0.491. The van der Waals surface area contributed by atoms with Crippen molar-refractivity contribution in [2.24, 2.45) is 0 Å². The van der Waals surface area contributed by atoms with Gasteiger partial charge in [0.1, 0.15) is 0 Å². The topological polar surface area (TPSA) is 69.6 Å². The molecule has 1 aliphatic carbocycles. The lowest BCUT2D eigenvalue weighted by atomic mass is 10.2. The van der Waals surface area contributed by atoms with Crippen LogP contribution in [-0.4, -0.2) is 19.7 Å². The quantitative estimate of drug-likeness (QED) is 0.763. The molecular weight excluding hydrogens is 190 g/mol. The third-order valence-electron chi connectivity index (χ3n) is 3.02. The van der Waals surface area contributed by atoms with E-state index in [0.717, 1.165) is 11.2 Å². The van der Waals surface area contributed by atoms with E-state index in [-0.39, 0.29) is 0 Å². The molecule has 3 rings (SSSR count). The van der Waals surface area contributed by atoms with Crippen molar-refractivity contribution in [2.75, 3.05) is 5.73 Å². The molecule has 0 amide bonds. The first-order valence-corrected chi connectivity index (χ1v) is 5.31. The third kappa shape index (κ3) is 1.26. The Bertz CT molecular complexity index is 484. The zero-order chi connectivity index (χ0) is 10.3. The maximum Gasteiger partial charge on any atom is 0.179 e. The molecule has 1 fully saturated rings. The smallest absolute Gasteiger partial charge is 0.179 e. The van der Waals surface area contributed by atoms with Crippen LogP contribution in [0.15, 0.2) is 12.4 Å². The first-order chi connectivity index (χ1) is 7.36. The Kier molecular flexibility index (Phi) is 1.83. The molecule has 15 heavy (non-hydrogen) atoms. The molecule has 78 valence electrons. The number of anilines is 1. The van der Waals surface area contributed by atoms with E-state index in [0.29, 0.717) is 11.9 Å². The van der Waals surface area contributed by atoms with E-state index in [1.54, 1.807) is 12.4 Å². The average Bonchev–Trinajstić information content (AvgIpc) is 2.87. The summed E-state index contributed by atoms with van der Waals surface area (Å²) in [5.41, 5.74) is 7.36. The second-order valence-corrected chi connectivity index (χ2v) is 4.00. The number of nitrogens with two attached hydrogens (primary N) is 1. The zero-order valence-electron chi connectivity index (χ0n) is 8.43. The van der Waals surface area contributed by atoms with Crippen LogP contribution in [0.1, 0.15) is 31.7 Å². The van der Waals surface area contributed by atoms with Crippen molar-refractivity contribution in [3.05, 3.63) is 12.4 Å². The highest BCUT2D eigenvalue weighted by atomic mass is 15.3. The van der Waals surface area contributed by atoms with Gasteiger partial charge in [-0.15, -0.1) is 0 Å². The van der Waals surface area contributed by atoms with Crippen LogP contribution in [0.5, 0.6) is 0 Å². The molecule has 2 aromatic rings. The van der Waals surface area contributed by atoms with Gasteiger partial charge in [0.05, 0.1) is 6.04 Å². The van der Waals surface area contributed by atoms with Gasteiger partial charge in [-0.25, -0.2) is 14.6 Å². The number of aromatic nitrogens is 4. The van der Waals surface area contributed by atoms with Crippen LogP contribution in [0.2, 0.25) is 0 Å². The van der Waals surface area contributed by atoms with Crippen molar-refractivity contribution in [1.82, 2.24) is 19.7 Å². The Morgan fingerprint density at radius 3 is 2.73 bits per heavy atom. The SMILES string of the molecule is Nc1nn(C2CCCC2)c2nccnc12.